The summed E-state index contributed by atoms with van der Waals surface area (Å²) in [7, 11) is 0. The Morgan fingerprint density at radius 1 is 1.50 bits per heavy atom. The first-order valence-corrected chi connectivity index (χ1v) is 7.78. The summed E-state index contributed by atoms with van der Waals surface area (Å²) in [6.07, 6.45) is 1.01. The monoisotopic (exact) mass is 325 g/mol. The summed E-state index contributed by atoms with van der Waals surface area (Å²) in [4.78, 5) is 32.0. The normalized spacial score (nSPS) is 22.6. The quantitative estimate of drug-likeness (QED) is 0.366. The minimum Gasteiger partial charge on any atom is -0.343 e. The number of hydrogen-bond acceptors (Lipinski definition) is 7. The van der Waals surface area contributed by atoms with Crippen LogP contribution in [-0.4, -0.2) is 36.7 Å². The SMILES string of the molecule is [N-]=[N+]=NCC(=O)N1CCC(C2OON(c3cccs3)O2)CC1. The van der Waals surface area contributed by atoms with Crippen LogP contribution in [0, 0.1) is 5.92 Å². The smallest absolute Gasteiger partial charge is 0.228 e. The summed E-state index contributed by atoms with van der Waals surface area (Å²) < 4.78 is 0. The summed E-state index contributed by atoms with van der Waals surface area (Å²) in [6, 6.07) is 3.77. The topological polar surface area (TPSA) is 100 Å². The summed E-state index contributed by atoms with van der Waals surface area (Å²) in [5.74, 6) is -0.00514. The van der Waals surface area contributed by atoms with E-state index in [4.69, 9.17) is 20.2 Å². The molecule has 3 heterocycles. The van der Waals surface area contributed by atoms with Crippen LogP contribution in [0.3, 0.4) is 0 Å². The number of carbonyl (C=O) groups excluding carboxylic acids is 1. The second-order valence-electron chi connectivity index (χ2n) is 4.96. The van der Waals surface area contributed by atoms with Gasteiger partial charge in [0.15, 0.2) is 5.00 Å². The van der Waals surface area contributed by atoms with Gasteiger partial charge in [-0.2, -0.15) is 4.89 Å². The van der Waals surface area contributed by atoms with Gasteiger partial charge in [-0.3, -0.25) is 4.79 Å². The number of hydrogen-bond donors (Lipinski definition) is 0. The van der Waals surface area contributed by atoms with Gasteiger partial charge in [0, 0.05) is 23.9 Å². The molecule has 1 amide bonds. The molecule has 1 atom stereocenters. The van der Waals surface area contributed by atoms with Crippen LogP contribution in [0.5, 0.6) is 0 Å². The molecule has 3 rings (SSSR count). The molecule has 118 valence electrons. The Balaban J connectivity index is 1.48. The lowest BCUT2D eigenvalue weighted by atomic mass is 9.96. The van der Waals surface area contributed by atoms with Gasteiger partial charge in [-0.15, -0.1) is 11.3 Å². The molecule has 0 aliphatic carbocycles. The number of piperidine rings is 1. The van der Waals surface area contributed by atoms with Crippen LogP contribution in [0.1, 0.15) is 12.8 Å². The maximum atomic E-state index is 11.8. The van der Waals surface area contributed by atoms with E-state index in [9.17, 15) is 4.79 Å². The number of carbonyl (C=O) groups is 1. The average molecular weight is 325 g/mol. The predicted octanol–water partition coefficient (Wildman–Crippen LogP) is 2.24. The zero-order valence-electron chi connectivity index (χ0n) is 11.7. The van der Waals surface area contributed by atoms with E-state index in [2.05, 4.69) is 10.0 Å². The molecular formula is C12H15N5O4S. The highest BCUT2D eigenvalue weighted by molar-refractivity contribution is 7.14. The van der Waals surface area contributed by atoms with Crippen molar-refractivity contribution < 1.29 is 19.5 Å². The fourth-order valence-corrected chi connectivity index (χ4v) is 3.06. The molecule has 0 bridgehead atoms. The van der Waals surface area contributed by atoms with Crippen molar-refractivity contribution >= 4 is 22.2 Å². The zero-order chi connectivity index (χ0) is 15.4. The molecular weight excluding hydrogens is 310 g/mol. The first-order chi connectivity index (χ1) is 10.8. The first-order valence-electron chi connectivity index (χ1n) is 6.90. The molecule has 2 aliphatic heterocycles. The van der Waals surface area contributed by atoms with Crippen molar-refractivity contribution in [1.29, 1.82) is 0 Å². The van der Waals surface area contributed by atoms with E-state index in [0.717, 1.165) is 17.8 Å². The molecule has 0 aromatic carbocycles. The van der Waals surface area contributed by atoms with E-state index < -0.39 is 6.29 Å². The number of amides is 1. The first kappa shape index (κ1) is 15.1. The van der Waals surface area contributed by atoms with Gasteiger partial charge in [-0.25, -0.2) is 4.84 Å². The molecule has 1 unspecified atom stereocenters. The molecule has 2 saturated heterocycles. The molecule has 1 aromatic heterocycles. The number of likely N-dealkylation sites (tertiary alicyclic amines) is 1. The summed E-state index contributed by atoms with van der Waals surface area (Å²) >= 11 is 1.48. The van der Waals surface area contributed by atoms with Crippen LogP contribution in [0.2, 0.25) is 0 Å². The Morgan fingerprint density at radius 3 is 3.00 bits per heavy atom. The van der Waals surface area contributed by atoms with E-state index in [1.165, 1.54) is 16.6 Å². The van der Waals surface area contributed by atoms with E-state index in [1.807, 2.05) is 17.5 Å². The van der Waals surface area contributed by atoms with Gasteiger partial charge in [-0.05, 0) is 35.9 Å². The molecule has 2 aliphatic rings. The summed E-state index contributed by atoms with van der Waals surface area (Å²) in [5, 5.41) is 7.30. The lowest BCUT2D eigenvalue weighted by molar-refractivity contribution is -0.294. The van der Waals surface area contributed by atoms with Crippen LogP contribution in [0.15, 0.2) is 22.6 Å². The van der Waals surface area contributed by atoms with E-state index in [-0.39, 0.29) is 18.4 Å². The van der Waals surface area contributed by atoms with Gasteiger partial charge in [0.05, 0.1) is 0 Å². The Bertz CT molecular complexity index is 554. The Morgan fingerprint density at radius 2 is 2.32 bits per heavy atom. The maximum absolute atomic E-state index is 11.8. The Hall–Kier alpha value is -1.84. The van der Waals surface area contributed by atoms with Crippen LogP contribution in [0.4, 0.5) is 5.00 Å². The van der Waals surface area contributed by atoms with Crippen molar-refractivity contribution in [2.45, 2.75) is 19.1 Å². The third-order valence-electron chi connectivity index (χ3n) is 3.64. The number of anilines is 1. The van der Waals surface area contributed by atoms with Gasteiger partial charge in [-0.1, -0.05) is 15.3 Å². The van der Waals surface area contributed by atoms with Crippen molar-refractivity contribution in [3.63, 3.8) is 0 Å². The van der Waals surface area contributed by atoms with Crippen molar-refractivity contribution in [3.8, 4) is 0 Å². The highest BCUT2D eigenvalue weighted by Crippen LogP contribution is 2.32. The summed E-state index contributed by atoms with van der Waals surface area (Å²) in [6.45, 7) is 1.05. The minimum absolute atomic E-state index is 0.132. The largest absolute Gasteiger partial charge is 0.343 e. The van der Waals surface area contributed by atoms with E-state index >= 15 is 0 Å². The predicted molar refractivity (Wildman–Crippen MR) is 77.2 cm³/mol. The lowest BCUT2D eigenvalue weighted by Crippen LogP contribution is -2.42. The Labute approximate surface area is 130 Å². The van der Waals surface area contributed by atoms with Gasteiger partial charge in [0.25, 0.3) is 0 Å². The van der Waals surface area contributed by atoms with Crippen LogP contribution in [0.25, 0.3) is 10.4 Å². The molecule has 0 saturated carbocycles. The highest BCUT2D eigenvalue weighted by atomic mass is 32.1. The number of thiophene rings is 1. The number of nitrogens with zero attached hydrogens (tertiary/aromatic N) is 5. The number of azide groups is 1. The molecule has 0 spiro atoms. The van der Waals surface area contributed by atoms with Crippen LogP contribution in [-0.2, 0) is 19.5 Å². The van der Waals surface area contributed by atoms with E-state index in [0.29, 0.717) is 13.1 Å². The molecule has 0 radical (unpaired) electrons. The fraction of sp³-hybridized carbons (Fsp3) is 0.583. The standard InChI is InChI=1S/C12H15N5O4S/c13-15-14-8-10(18)16-5-3-9(4-6-16)12-19-17(21-20-12)11-2-1-7-22-11/h1-2,7,9,12H,3-6,8H2. The molecule has 1 aromatic rings. The second kappa shape index (κ2) is 6.95. The molecule has 9 nitrogen and oxygen atoms in total. The van der Waals surface area contributed by atoms with Gasteiger partial charge in [0.1, 0.15) is 6.54 Å². The second-order valence-corrected chi connectivity index (χ2v) is 5.89. The van der Waals surface area contributed by atoms with Crippen LogP contribution < -0.4 is 5.23 Å². The third-order valence-corrected chi connectivity index (χ3v) is 4.46. The van der Waals surface area contributed by atoms with Crippen molar-refractivity contribution in [2.24, 2.45) is 11.0 Å². The lowest BCUT2D eigenvalue weighted by Gasteiger charge is -2.32. The minimum atomic E-state index is -0.475. The van der Waals surface area contributed by atoms with Gasteiger partial charge < -0.3 is 4.90 Å². The van der Waals surface area contributed by atoms with Gasteiger partial charge in [0.2, 0.25) is 12.2 Å². The maximum Gasteiger partial charge on any atom is 0.228 e. The fourth-order valence-electron chi connectivity index (χ4n) is 2.45. The average Bonchev–Trinajstić information content (AvgIpc) is 3.23. The molecule has 10 heteroatoms. The molecule has 0 N–H and O–H groups in total. The van der Waals surface area contributed by atoms with Crippen molar-refractivity contribution in [2.75, 3.05) is 24.9 Å². The Kier molecular flexibility index (Phi) is 4.76. The zero-order valence-corrected chi connectivity index (χ0v) is 12.5. The molecule has 22 heavy (non-hydrogen) atoms. The summed E-state index contributed by atoms with van der Waals surface area (Å²) in [5.41, 5.74) is 8.24. The number of rotatable bonds is 4. The van der Waals surface area contributed by atoms with Crippen molar-refractivity contribution in [3.05, 3.63) is 28.0 Å². The van der Waals surface area contributed by atoms with Crippen molar-refractivity contribution in [1.82, 2.24) is 4.90 Å². The molecule has 2 fully saturated rings. The van der Waals surface area contributed by atoms with Gasteiger partial charge >= 0.3 is 0 Å². The third kappa shape index (κ3) is 3.32. The van der Waals surface area contributed by atoms with Crippen LogP contribution >= 0.6 is 11.3 Å². The highest BCUT2D eigenvalue weighted by Gasteiger charge is 2.37. The van der Waals surface area contributed by atoms with E-state index in [1.54, 1.807) is 4.90 Å².